The Morgan fingerprint density at radius 3 is 2.45 bits per heavy atom. The van der Waals surface area contributed by atoms with Gasteiger partial charge in [0, 0.05) is 17.7 Å². The monoisotopic (exact) mass is 415 g/mol. The molecular weight excluding hydrogens is 398 g/mol. The Bertz CT molecular complexity index is 1210. The molecule has 1 N–H and O–H groups in total. The van der Waals surface area contributed by atoms with Crippen LogP contribution in [0.15, 0.2) is 85.2 Å². The molecule has 154 valence electrons. The second-order valence-corrected chi connectivity index (χ2v) is 6.53. The Morgan fingerprint density at radius 1 is 1.00 bits per heavy atom. The molecule has 0 atom stereocenters. The second-order valence-electron chi connectivity index (χ2n) is 6.53. The first-order valence-electron chi connectivity index (χ1n) is 9.34. The number of anilines is 1. The number of nitrogens with one attached hydrogen (secondary N) is 1. The lowest BCUT2D eigenvalue weighted by atomic mass is 10.2. The number of carbonyl (C=O) groups is 1. The number of amides is 1. The molecular formula is C22H17N5O4. The summed E-state index contributed by atoms with van der Waals surface area (Å²) in [5.74, 6) is 1.25. The summed E-state index contributed by atoms with van der Waals surface area (Å²) in [6.07, 6.45) is 1.43. The molecule has 0 aliphatic heterocycles. The smallest absolute Gasteiger partial charge is 0.269 e. The van der Waals surface area contributed by atoms with Crippen LogP contribution < -0.4 is 10.1 Å². The molecule has 4 aromatic rings. The molecule has 0 unspecified atom stereocenters. The molecule has 0 spiro atoms. The normalized spacial score (nSPS) is 10.5. The average molecular weight is 415 g/mol. The molecule has 9 heteroatoms. The highest BCUT2D eigenvalue weighted by Gasteiger charge is 2.12. The van der Waals surface area contributed by atoms with Gasteiger partial charge < -0.3 is 10.1 Å². The standard InChI is InChI=1S/C22H17N5O4/c28-21(24-19-8-4-5-9-20(19)31-18-6-2-1-3-7-18)14-26-15-23-22(25-26)16-10-12-17(13-11-16)27(29)30/h1-13,15H,14H2,(H,24,28). The van der Waals surface area contributed by atoms with Crippen LogP contribution >= 0.6 is 0 Å². The summed E-state index contributed by atoms with van der Waals surface area (Å²) in [5.41, 5.74) is 1.14. The van der Waals surface area contributed by atoms with Crippen molar-refractivity contribution in [3.63, 3.8) is 0 Å². The van der Waals surface area contributed by atoms with Crippen LogP contribution in [-0.4, -0.2) is 25.6 Å². The molecule has 4 rings (SSSR count). The number of ether oxygens (including phenoxy) is 1. The number of nitro groups is 1. The van der Waals surface area contributed by atoms with Gasteiger partial charge in [-0.1, -0.05) is 30.3 Å². The van der Waals surface area contributed by atoms with Gasteiger partial charge in [0.05, 0.1) is 10.6 Å². The van der Waals surface area contributed by atoms with Crippen LogP contribution in [0.4, 0.5) is 11.4 Å². The molecule has 0 fully saturated rings. The maximum absolute atomic E-state index is 12.5. The van der Waals surface area contributed by atoms with E-state index in [1.165, 1.54) is 23.1 Å². The molecule has 9 nitrogen and oxygen atoms in total. The first kappa shape index (κ1) is 19.8. The van der Waals surface area contributed by atoms with Gasteiger partial charge in [-0.15, -0.1) is 0 Å². The fourth-order valence-electron chi connectivity index (χ4n) is 2.85. The van der Waals surface area contributed by atoms with Crippen molar-refractivity contribution in [2.75, 3.05) is 5.32 Å². The summed E-state index contributed by atoms with van der Waals surface area (Å²) in [5, 5.41) is 17.9. The van der Waals surface area contributed by atoms with Gasteiger partial charge >= 0.3 is 0 Å². The second kappa shape index (κ2) is 8.87. The number of hydrogen-bond donors (Lipinski definition) is 1. The highest BCUT2D eigenvalue weighted by Crippen LogP contribution is 2.29. The van der Waals surface area contributed by atoms with E-state index in [-0.39, 0.29) is 18.1 Å². The molecule has 0 bridgehead atoms. The van der Waals surface area contributed by atoms with Crippen LogP contribution in [0.5, 0.6) is 11.5 Å². The molecule has 1 aromatic heterocycles. The lowest BCUT2D eigenvalue weighted by molar-refractivity contribution is -0.384. The predicted octanol–water partition coefficient (Wildman–Crippen LogP) is 4.28. The summed E-state index contributed by atoms with van der Waals surface area (Å²) in [6, 6.07) is 22.3. The minimum Gasteiger partial charge on any atom is -0.455 e. The van der Waals surface area contributed by atoms with Gasteiger partial charge in [0.2, 0.25) is 5.91 Å². The summed E-state index contributed by atoms with van der Waals surface area (Å²) in [4.78, 5) is 27.0. The van der Waals surface area contributed by atoms with E-state index in [2.05, 4.69) is 15.4 Å². The Morgan fingerprint density at radius 2 is 1.71 bits per heavy atom. The van der Waals surface area contributed by atoms with Crippen LogP contribution in [0, 0.1) is 10.1 Å². The van der Waals surface area contributed by atoms with Crippen LogP contribution in [-0.2, 0) is 11.3 Å². The fourth-order valence-corrected chi connectivity index (χ4v) is 2.85. The van der Waals surface area contributed by atoms with E-state index in [0.29, 0.717) is 28.6 Å². The number of benzene rings is 3. The van der Waals surface area contributed by atoms with E-state index >= 15 is 0 Å². The minimum absolute atomic E-state index is 0.0149. The highest BCUT2D eigenvalue weighted by molar-refractivity contribution is 5.92. The third-order valence-corrected chi connectivity index (χ3v) is 4.31. The number of aromatic nitrogens is 3. The van der Waals surface area contributed by atoms with E-state index in [4.69, 9.17) is 4.74 Å². The molecule has 0 saturated heterocycles. The maximum Gasteiger partial charge on any atom is 0.269 e. The van der Waals surface area contributed by atoms with Crippen molar-refractivity contribution in [3.8, 4) is 22.9 Å². The summed E-state index contributed by atoms with van der Waals surface area (Å²) < 4.78 is 7.25. The largest absolute Gasteiger partial charge is 0.455 e. The van der Waals surface area contributed by atoms with Crippen LogP contribution in [0.3, 0.4) is 0 Å². The van der Waals surface area contributed by atoms with Gasteiger partial charge in [-0.25, -0.2) is 9.67 Å². The Labute approximate surface area is 177 Å². The topological polar surface area (TPSA) is 112 Å². The van der Waals surface area contributed by atoms with Gasteiger partial charge in [-0.3, -0.25) is 14.9 Å². The lowest BCUT2D eigenvalue weighted by Gasteiger charge is -2.12. The number of nitro benzene ring substituents is 1. The number of hydrogen-bond acceptors (Lipinski definition) is 6. The van der Waals surface area contributed by atoms with Crippen LogP contribution in [0.1, 0.15) is 0 Å². The Hall–Kier alpha value is -4.53. The zero-order chi connectivity index (χ0) is 21.6. The highest BCUT2D eigenvalue weighted by atomic mass is 16.6. The van der Waals surface area contributed by atoms with Crippen molar-refractivity contribution in [3.05, 3.63) is 95.3 Å². The molecule has 0 saturated carbocycles. The van der Waals surface area contributed by atoms with Crippen LogP contribution in [0.2, 0.25) is 0 Å². The SMILES string of the molecule is O=C(Cn1cnc(-c2ccc([N+](=O)[O-])cc2)n1)Nc1ccccc1Oc1ccccc1. The van der Waals surface area contributed by atoms with E-state index in [1.54, 1.807) is 30.3 Å². The summed E-state index contributed by atoms with van der Waals surface area (Å²) in [6.45, 7) is -0.0559. The van der Waals surface area contributed by atoms with Gasteiger partial charge in [0.1, 0.15) is 18.6 Å². The minimum atomic E-state index is -0.473. The summed E-state index contributed by atoms with van der Waals surface area (Å²) in [7, 11) is 0. The van der Waals surface area contributed by atoms with E-state index in [0.717, 1.165) is 0 Å². The number of rotatable bonds is 7. The van der Waals surface area contributed by atoms with Crippen molar-refractivity contribution in [1.29, 1.82) is 0 Å². The zero-order valence-electron chi connectivity index (χ0n) is 16.2. The van der Waals surface area contributed by atoms with Gasteiger partial charge in [-0.05, 0) is 36.4 Å². The summed E-state index contributed by atoms with van der Waals surface area (Å²) >= 11 is 0. The van der Waals surface area contributed by atoms with Crippen molar-refractivity contribution in [1.82, 2.24) is 14.8 Å². The first-order chi connectivity index (χ1) is 15.1. The average Bonchev–Trinajstić information content (AvgIpc) is 3.24. The number of non-ortho nitro benzene ring substituents is 1. The molecule has 0 radical (unpaired) electrons. The molecule has 1 amide bonds. The van der Waals surface area contributed by atoms with Crippen LogP contribution in [0.25, 0.3) is 11.4 Å². The fraction of sp³-hybridized carbons (Fsp3) is 0.0455. The Kier molecular flexibility index (Phi) is 5.66. The predicted molar refractivity (Wildman–Crippen MR) is 114 cm³/mol. The van der Waals surface area contributed by atoms with E-state index < -0.39 is 4.92 Å². The number of para-hydroxylation sites is 3. The molecule has 0 aliphatic carbocycles. The third-order valence-electron chi connectivity index (χ3n) is 4.31. The quantitative estimate of drug-likeness (QED) is 0.356. The lowest BCUT2D eigenvalue weighted by Crippen LogP contribution is -2.19. The van der Waals surface area contributed by atoms with Gasteiger partial charge in [0.15, 0.2) is 11.6 Å². The number of nitrogens with zero attached hydrogens (tertiary/aromatic N) is 4. The van der Waals surface area contributed by atoms with Gasteiger partial charge in [0.25, 0.3) is 5.69 Å². The molecule has 1 heterocycles. The third kappa shape index (κ3) is 4.91. The van der Waals surface area contributed by atoms with Crippen molar-refractivity contribution >= 4 is 17.3 Å². The Balaban J connectivity index is 1.42. The van der Waals surface area contributed by atoms with Crippen molar-refractivity contribution in [2.45, 2.75) is 6.54 Å². The molecule has 0 aliphatic rings. The molecule has 3 aromatic carbocycles. The maximum atomic E-state index is 12.5. The molecule has 31 heavy (non-hydrogen) atoms. The van der Waals surface area contributed by atoms with Gasteiger partial charge in [-0.2, -0.15) is 5.10 Å². The van der Waals surface area contributed by atoms with E-state index in [9.17, 15) is 14.9 Å². The first-order valence-corrected chi connectivity index (χ1v) is 9.34. The van der Waals surface area contributed by atoms with Crippen molar-refractivity contribution < 1.29 is 14.5 Å². The van der Waals surface area contributed by atoms with Crippen molar-refractivity contribution in [2.24, 2.45) is 0 Å². The number of carbonyl (C=O) groups excluding carboxylic acids is 1. The van der Waals surface area contributed by atoms with E-state index in [1.807, 2.05) is 36.4 Å². The zero-order valence-corrected chi connectivity index (χ0v) is 16.2.